The lowest BCUT2D eigenvalue weighted by Crippen LogP contribution is -2.30. The summed E-state index contributed by atoms with van der Waals surface area (Å²) in [5, 5.41) is 9.79. The van der Waals surface area contributed by atoms with Crippen molar-refractivity contribution in [1.29, 1.82) is 0 Å². The normalized spacial score (nSPS) is 12.5. The number of nitrogens with zero attached hydrogens (tertiary/aromatic N) is 4. The topological polar surface area (TPSA) is 87.0 Å². The van der Waals surface area contributed by atoms with Gasteiger partial charge in [0.1, 0.15) is 5.69 Å². The van der Waals surface area contributed by atoms with E-state index in [0.717, 1.165) is 5.69 Å². The number of thiazole rings is 1. The van der Waals surface area contributed by atoms with Crippen molar-refractivity contribution in [1.82, 2.24) is 4.98 Å². The Bertz CT molecular complexity index is 922. The number of alkyl halides is 3. The summed E-state index contributed by atoms with van der Waals surface area (Å²) in [6, 6.07) is 4.35. The van der Waals surface area contributed by atoms with E-state index in [0.29, 0.717) is 23.9 Å². The molecule has 0 bridgehead atoms. The van der Waals surface area contributed by atoms with E-state index in [2.05, 4.69) is 15.2 Å². The van der Waals surface area contributed by atoms with Crippen molar-refractivity contribution in [3.05, 3.63) is 29.3 Å². The van der Waals surface area contributed by atoms with Gasteiger partial charge in [-0.25, -0.2) is 4.98 Å². The van der Waals surface area contributed by atoms with Crippen LogP contribution in [0.5, 0.6) is 0 Å². The Kier molecular flexibility index (Phi) is 6.42. The summed E-state index contributed by atoms with van der Waals surface area (Å²) in [4.78, 5) is 5.93. The second kappa shape index (κ2) is 8.21. The molecule has 0 aliphatic carbocycles. The Morgan fingerprint density at radius 1 is 1.22 bits per heavy atom. The van der Waals surface area contributed by atoms with E-state index in [1.165, 1.54) is 23.5 Å². The highest BCUT2D eigenvalue weighted by molar-refractivity contribution is 7.93. The first-order chi connectivity index (χ1) is 12.6. The molecule has 0 aliphatic heterocycles. The van der Waals surface area contributed by atoms with E-state index in [9.17, 15) is 21.6 Å². The van der Waals surface area contributed by atoms with Gasteiger partial charge in [-0.2, -0.15) is 21.6 Å². The SMILES string of the molecule is CCN(CC)c1ccc(N=Nc2nc(C)cs2)c(NS(=O)(=O)C(F)(F)F)c1. The van der Waals surface area contributed by atoms with Crippen LogP contribution in [0.3, 0.4) is 0 Å². The fraction of sp³-hybridized carbons (Fsp3) is 0.400. The van der Waals surface area contributed by atoms with Gasteiger partial charge in [0.15, 0.2) is 0 Å². The summed E-state index contributed by atoms with van der Waals surface area (Å²) < 4.78 is 63.0. The first-order valence-corrected chi connectivity index (χ1v) is 10.3. The lowest BCUT2D eigenvalue weighted by molar-refractivity contribution is -0.0429. The molecule has 2 aromatic rings. The van der Waals surface area contributed by atoms with Crippen LogP contribution in [0, 0.1) is 6.92 Å². The highest BCUT2D eigenvalue weighted by atomic mass is 32.2. The molecule has 0 amide bonds. The predicted molar refractivity (Wildman–Crippen MR) is 99.6 cm³/mol. The van der Waals surface area contributed by atoms with Gasteiger partial charge in [-0.05, 0) is 39.0 Å². The highest BCUT2D eigenvalue weighted by Crippen LogP contribution is 2.35. The van der Waals surface area contributed by atoms with Crippen LogP contribution in [0.15, 0.2) is 33.8 Å². The molecule has 2 rings (SSSR count). The minimum absolute atomic E-state index is 0.0495. The van der Waals surface area contributed by atoms with Crippen molar-refractivity contribution in [3.63, 3.8) is 0 Å². The van der Waals surface area contributed by atoms with Crippen LogP contribution < -0.4 is 9.62 Å². The minimum atomic E-state index is -5.59. The lowest BCUT2D eigenvalue weighted by atomic mass is 10.2. The first-order valence-electron chi connectivity index (χ1n) is 7.89. The van der Waals surface area contributed by atoms with Gasteiger partial charge in [-0.3, -0.25) is 4.72 Å². The monoisotopic (exact) mass is 421 g/mol. The second-order valence-corrected chi connectivity index (χ2v) is 7.91. The maximum atomic E-state index is 12.8. The summed E-state index contributed by atoms with van der Waals surface area (Å²) in [7, 11) is -5.59. The Labute approximate surface area is 159 Å². The third-order valence-electron chi connectivity index (χ3n) is 3.51. The van der Waals surface area contributed by atoms with E-state index in [-0.39, 0.29) is 11.4 Å². The maximum absolute atomic E-state index is 12.8. The quantitative estimate of drug-likeness (QED) is 0.639. The number of halogens is 3. The molecule has 0 spiro atoms. The van der Waals surface area contributed by atoms with Crippen LogP contribution in [-0.2, 0) is 10.0 Å². The fourth-order valence-corrected chi connectivity index (χ4v) is 3.35. The number of anilines is 2. The van der Waals surface area contributed by atoms with Gasteiger partial charge in [0.25, 0.3) is 0 Å². The van der Waals surface area contributed by atoms with Gasteiger partial charge < -0.3 is 4.90 Å². The van der Waals surface area contributed by atoms with Gasteiger partial charge in [-0.15, -0.1) is 21.6 Å². The number of aryl methyl sites for hydroxylation is 1. The number of sulfonamides is 1. The molecule has 0 saturated carbocycles. The van der Waals surface area contributed by atoms with Gasteiger partial charge >= 0.3 is 15.5 Å². The molecule has 0 unspecified atom stereocenters. The standard InChI is InChI=1S/C15H18F3N5O2S2/c1-4-23(5-2)11-6-7-12(20-21-14-19-10(3)9-26-14)13(8-11)22-27(24,25)15(16,17)18/h6-9,22H,4-5H2,1-3H3. The molecule has 0 atom stereocenters. The van der Waals surface area contributed by atoms with Gasteiger partial charge in [0, 0.05) is 24.2 Å². The number of rotatable bonds is 7. The molecule has 0 aliphatic rings. The van der Waals surface area contributed by atoms with Crippen molar-refractivity contribution in [3.8, 4) is 0 Å². The summed E-state index contributed by atoms with van der Waals surface area (Å²) in [6.45, 7) is 6.71. The minimum Gasteiger partial charge on any atom is -0.372 e. The van der Waals surface area contributed by atoms with Crippen LogP contribution in [0.2, 0.25) is 0 Å². The molecule has 0 radical (unpaired) electrons. The summed E-state index contributed by atoms with van der Waals surface area (Å²) in [5.74, 6) is 0. The van der Waals surface area contributed by atoms with Crippen LogP contribution >= 0.6 is 11.3 Å². The number of hydrogen-bond acceptors (Lipinski definition) is 7. The molecule has 1 aromatic carbocycles. The van der Waals surface area contributed by atoms with E-state index < -0.39 is 15.5 Å². The average Bonchev–Trinajstić information content (AvgIpc) is 2.99. The second-order valence-electron chi connectivity index (χ2n) is 5.40. The number of benzene rings is 1. The van der Waals surface area contributed by atoms with E-state index in [1.54, 1.807) is 23.1 Å². The molecule has 1 N–H and O–H groups in total. The van der Waals surface area contributed by atoms with Crippen molar-refractivity contribution >= 4 is 43.6 Å². The molecule has 7 nitrogen and oxygen atoms in total. The number of azo groups is 1. The van der Waals surface area contributed by atoms with E-state index in [4.69, 9.17) is 0 Å². The molecular weight excluding hydrogens is 403 g/mol. The van der Waals surface area contributed by atoms with Gasteiger partial charge in [-0.1, -0.05) is 0 Å². The van der Waals surface area contributed by atoms with Crippen LogP contribution in [0.4, 0.5) is 35.4 Å². The zero-order valence-electron chi connectivity index (χ0n) is 14.8. The number of nitrogens with one attached hydrogen (secondary N) is 1. The molecule has 27 heavy (non-hydrogen) atoms. The third kappa shape index (κ3) is 5.16. The molecule has 0 saturated heterocycles. The largest absolute Gasteiger partial charge is 0.516 e. The molecule has 0 fully saturated rings. The molecular formula is C15H18F3N5O2S2. The van der Waals surface area contributed by atoms with E-state index >= 15 is 0 Å². The summed E-state index contributed by atoms with van der Waals surface area (Å²) in [5.41, 5.74) is -4.52. The maximum Gasteiger partial charge on any atom is 0.516 e. The van der Waals surface area contributed by atoms with Crippen molar-refractivity contribution < 1.29 is 21.6 Å². The van der Waals surface area contributed by atoms with Crippen LogP contribution in [0.25, 0.3) is 0 Å². The first kappa shape index (κ1) is 21.1. The summed E-state index contributed by atoms with van der Waals surface area (Å²) in [6.07, 6.45) is 0. The Balaban J connectivity index is 2.47. The fourth-order valence-electron chi connectivity index (χ4n) is 2.17. The summed E-state index contributed by atoms with van der Waals surface area (Å²) >= 11 is 1.21. The Hall–Kier alpha value is -2.21. The van der Waals surface area contributed by atoms with Crippen molar-refractivity contribution in [2.24, 2.45) is 10.2 Å². The zero-order chi connectivity index (χ0) is 20.2. The number of aromatic nitrogens is 1. The van der Waals surface area contributed by atoms with Gasteiger partial charge in [0.05, 0.1) is 11.4 Å². The zero-order valence-corrected chi connectivity index (χ0v) is 16.4. The Morgan fingerprint density at radius 2 is 1.89 bits per heavy atom. The average molecular weight is 421 g/mol. The molecule has 12 heteroatoms. The van der Waals surface area contributed by atoms with Crippen molar-refractivity contribution in [2.45, 2.75) is 26.3 Å². The lowest BCUT2D eigenvalue weighted by Gasteiger charge is -2.22. The van der Waals surface area contributed by atoms with Crippen LogP contribution in [0.1, 0.15) is 19.5 Å². The van der Waals surface area contributed by atoms with Gasteiger partial charge in [0.2, 0.25) is 5.13 Å². The highest BCUT2D eigenvalue weighted by Gasteiger charge is 2.46. The smallest absolute Gasteiger partial charge is 0.372 e. The third-order valence-corrected chi connectivity index (χ3v) is 5.45. The van der Waals surface area contributed by atoms with Crippen molar-refractivity contribution in [2.75, 3.05) is 22.7 Å². The predicted octanol–water partition coefficient (Wildman–Crippen LogP) is 4.97. The van der Waals surface area contributed by atoms with E-state index in [1.807, 2.05) is 18.7 Å². The number of hydrogen-bond donors (Lipinski definition) is 1. The molecule has 1 heterocycles. The Morgan fingerprint density at radius 3 is 2.41 bits per heavy atom. The molecule has 1 aromatic heterocycles. The van der Waals surface area contributed by atoms with Crippen LogP contribution in [-0.4, -0.2) is 32.0 Å². The molecule has 148 valence electrons.